The van der Waals surface area contributed by atoms with Crippen molar-refractivity contribution in [3.05, 3.63) is 53.1 Å². The summed E-state index contributed by atoms with van der Waals surface area (Å²) < 4.78 is 28.3. The molecule has 10 heteroatoms. The molecule has 2 aliphatic carbocycles. The average molecular weight is 584 g/mol. The Hall–Kier alpha value is -3.05. The first-order valence-corrected chi connectivity index (χ1v) is 14.8. The molecule has 1 amide bonds. The van der Waals surface area contributed by atoms with E-state index in [2.05, 4.69) is 11.4 Å². The zero-order valence-electron chi connectivity index (χ0n) is 24.5. The van der Waals surface area contributed by atoms with E-state index >= 15 is 0 Å². The molecule has 0 aromatic heterocycles. The molecule has 5 rings (SSSR count). The third-order valence-corrected chi connectivity index (χ3v) is 7.99. The number of hydrogen-bond donors (Lipinski definition) is 2. The fourth-order valence-electron chi connectivity index (χ4n) is 5.77. The second-order valence-corrected chi connectivity index (χ2v) is 12.4. The Bertz CT molecular complexity index is 1220. The lowest BCUT2D eigenvalue weighted by Crippen LogP contribution is -2.45. The Morgan fingerprint density at radius 1 is 1.14 bits per heavy atom. The summed E-state index contributed by atoms with van der Waals surface area (Å²) in [6.45, 7) is 5.02. The monoisotopic (exact) mass is 583 g/mol. The minimum Gasteiger partial charge on any atom is -0.460 e. The van der Waals surface area contributed by atoms with Crippen LogP contribution in [0.1, 0.15) is 75.2 Å². The molecule has 0 radical (unpaired) electrons. The van der Waals surface area contributed by atoms with Gasteiger partial charge < -0.3 is 34.1 Å². The fraction of sp³-hybridized carbons (Fsp3) is 0.594. The van der Waals surface area contributed by atoms with Gasteiger partial charge in [0.05, 0.1) is 30.4 Å². The van der Waals surface area contributed by atoms with Gasteiger partial charge in [-0.15, -0.1) is 0 Å². The maximum atomic E-state index is 13.4. The molecule has 10 nitrogen and oxygen atoms in total. The first kappa shape index (κ1) is 30.4. The maximum Gasteiger partial charge on any atom is 0.339 e. The van der Waals surface area contributed by atoms with Crippen molar-refractivity contribution >= 4 is 23.9 Å². The van der Waals surface area contributed by atoms with Gasteiger partial charge in [0.1, 0.15) is 30.7 Å². The highest BCUT2D eigenvalue weighted by Gasteiger charge is 2.44. The number of esters is 2. The molecule has 3 unspecified atom stereocenters. The summed E-state index contributed by atoms with van der Waals surface area (Å²) in [5.41, 5.74) is 0.947. The van der Waals surface area contributed by atoms with Gasteiger partial charge in [-0.2, -0.15) is 0 Å². The minimum atomic E-state index is -0.746. The van der Waals surface area contributed by atoms with E-state index in [9.17, 15) is 19.5 Å². The van der Waals surface area contributed by atoms with Crippen LogP contribution in [-0.2, 0) is 33.3 Å². The van der Waals surface area contributed by atoms with Crippen LogP contribution in [0, 0.1) is 5.92 Å². The van der Waals surface area contributed by atoms with Crippen molar-refractivity contribution in [2.24, 2.45) is 5.92 Å². The summed E-state index contributed by atoms with van der Waals surface area (Å²) in [7, 11) is 0. The number of rotatable bonds is 10. The molecule has 4 aliphatic rings. The van der Waals surface area contributed by atoms with Crippen LogP contribution in [0.5, 0.6) is 0 Å². The van der Waals surface area contributed by atoms with Crippen LogP contribution in [-0.4, -0.2) is 78.5 Å². The Balaban J connectivity index is 1.21. The predicted octanol–water partition coefficient (Wildman–Crippen LogP) is 3.46. The van der Waals surface area contributed by atoms with Gasteiger partial charge >= 0.3 is 11.9 Å². The van der Waals surface area contributed by atoms with E-state index in [4.69, 9.17) is 23.7 Å². The summed E-state index contributed by atoms with van der Waals surface area (Å²) in [6, 6.07) is 6.64. The van der Waals surface area contributed by atoms with Crippen LogP contribution >= 0.6 is 0 Å². The smallest absolute Gasteiger partial charge is 0.339 e. The van der Waals surface area contributed by atoms with Crippen molar-refractivity contribution in [2.45, 2.75) is 101 Å². The third-order valence-electron chi connectivity index (χ3n) is 7.99. The van der Waals surface area contributed by atoms with Crippen molar-refractivity contribution < 1.29 is 43.2 Å². The number of aliphatic hydroxyl groups is 1. The Morgan fingerprint density at radius 3 is 2.71 bits per heavy atom. The molecule has 1 aromatic rings. The molecule has 228 valence electrons. The van der Waals surface area contributed by atoms with E-state index in [0.29, 0.717) is 29.3 Å². The highest BCUT2D eigenvalue weighted by atomic mass is 16.7. The Labute approximate surface area is 246 Å². The molecule has 0 bridgehead atoms. The number of carbonyl (C=O) groups is 3. The number of benzene rings is 1. The lowest BCUT2D eigenvalue weighted by molar-refractivity contribution is -0.155. The van der Waals surface area contributed by atoms with Gasteiger partial charge in [-0.1, -0.05) is 30.4 Å². The first-order chi connectivity index (χ1) is 20.1. The molecule has 2 aliphatic heterocycles. The van der Waals surface area contributed by atoms with E-state index in [-0.39, 0.29) is 32.7 Å². The number of epoxide rings is 1. The van der Waals surface area contributed by atoms with E-state index in [1.807, 2.05) is 18.2 Å². The molecule has 1 aromatic carbocycles. The molecule has 1 saturated carbocycles. The Kier molecular flexibility index (Phi) is 9.47. The van der Waals surface area contributed by atoms with E-state index < -0.39 is 47.8 Å². The molecule has 7 atom stereocenters. The van der Waals surface area contributed by atoms with Gasteiger partial charge in [-0.05, 0) is 70.1 Å². The topological polar surface area (TPSA) is 133 Å². The molecule has 2 N–H and O–H groups in total. The second-order valence-electron chi connectivity index (χ2n) is 12.4. The second kappa shape index (κ2) is 13.1. The molecular weight excluding hydrogens is 542 g/mol. The van der Waals surface area contributed by atoms with Crippen LogP contribution in [0.15, 0.2) is 42.0 Å². The number of amides is 1. The molecule has 0 spiro atoms. The normalized spacial score (nSPS) is 29.2. The number of carbonyl (C=O) groups excluding carboxylic acids is 3. The van der Waals surface area contributed by atoms with E-state index in [1.165, 1.54) is 0 Å². The number of allylic oxidation sites excluding steroid dienone is 1. The van der Waals surface area contributed by atoms with Gasteiger partial charge in [0, 0.05) is 18.4 Å². The molecule has 2 heterocycles. The van der Waals surface area contributed by atoms with Crippen LogP contribution in [0.25, 0.3) is 6.08 Å². The van der Waals surface area contributed by atoms with Gasteiger partial charge in [-0.3, -0.25) is 9.59 Å². The predicted molar refractivity (Wildman–Crippen MR) is 152 cm³/mol. The largest absolute Gasteiger partial charge is 0.460 e. The average Bonchev–Trinajstić information content (AvgIpc) is 3.57. The van der Waals surface area contributed by atoms with Gasteiger partial charge in [-0.25, -0.2) is 4.79 Å². The first-order valence-electron chi connectivity index (χ1n) is 14.8. The summed E-state index contributed by atoms with van der Waals surface area (Å²) in [5, 5.41) is 12.6. The highest BCUT2D eigenvalue weighted by molar-refractivity contribution is 5.95. The minimum absolute atomic E-state index is 0.0240. The lowest BCUT2D eigenvalue weighted by Gasteiger charge is -2.30. The number of fused-ring (bicyclic) bond motifs is 2. The summed E-state index contributed by atoms with van der Waals surface area (Å²) >= 11 is 0. The van der Waals surface area contributed by atoms with Gasteiger partial charge in [0.2, 0.25) is 5.91 Å². The standard InChI is InChI=1S/C32H41NO9/c1-32(2,3)42-28(35)13-11-22(17-34)33-30(36)21-15-26-29(39-18-38-26)27(16-21)41-31(37)23-7-5-4-6-20(23)10-8-19-9-12-24-25(14-19)40-24/h4-8,10,15,19,22,24-27,29,34H,9,11-14,16-18H2,1-3H3,(H,33,36)/t19?,22-,24?,25?,26+,27+,29+/m0/s1. The molecule has 2 saturated heterocycles. The molecular formula is C32H41NO9. The van der Waals surface area contributed by atoms with Crippen LogP contribution in [0.3, 0.4) is 0 Å². The van der Waals surface area contributed by atoms with Crippen LogP contribution in [0.4, 0.5) is 0 Å². The van der Waals surface area contributed by atoms with Crippen molar-refractivity contribution in [3.8, 4) is 0 Å². The van der Waals surface area contributed by atoms with Gasteiger partial charge in [0.15, 0.2) is 0 Å². The summed E-state index contributed by atoms with van der Waals surface area (Å²) in [5.74, 6) is -0.918. The van der Waals surface area contributed by atoms with Crippen molar-refractivity contribution in [1.82, 2.24) is 5.32 Å². The van der Waals surface area contributed by atoms with Crippen LogP contribution in [0.2, 0.25) is 0 Å². The van der Waals surface area contributed by atoms with Crippen molar-refractivity contribution in [1.29, 1.82) is 0 Å². The third kappa shape index (κ3) is 7.86. The number of ether oxygens (including phenoxy) is 5. The molecule has 3 fully saturated rings. The number of nitrogens with one attached hydrogen (secondary N) is 1. The fourth-order valence-corrected chi connectivity index (χ4v) is 5.77. The maximum absolute atomic E-state index is 13.4. The number of hydrogen-bond acceptors (Lipinski definition) is 9. The van der Waals surface area contributed by atoms with E-state index in [1.54, 1.807) is 39.0 Å². The Morgan fingerprint density at radius 2 is 1.95 bits per heavy atom. The quantitative estimate of drug-likeness (QED) is 0.314. The molecule has 42 heavy (non-hydrogen) atoms. The van der Waals surface area contributed by atoms with Crippen molar-refractivity contribution in [2.75, 3.05) is 13.4 Å². The zero-order valence-corrected chi connectivity index (χ0v) is 24.5. The SMILES string of the molecule is CC(C)(C)OC(=O)CC[C@@H](CO)NC(=O)C1=C[C@H]2OCO[C@H]2[C@H](OC(=O)c2ccccc2C=CC2CCC3OC3C2)C1. The summed E-state index contributed by atoms with van der Waals surface area (Å²) in [6.07, 6.45) is 8.31. The van der Waals surface area contributed by atoms with Crippen molar-refractivity contribution in [3.63, 3.8) is 0 Å². The summed E-state index contributed by atoms with van der Waals surface area (Å²) in [4.78, 5) is 38.7. The van der Waals surface area contributed by atoms with Crippen LogP contribution < -0.4 is 5.32 Å². The highest BCUT2D eigenvalue weighted by Crippen LogP contribution is 2.40. The van der Waals surface area contributed by atoms with E-state index in [0.717, 1.165) is 24.8 Å². The lowest BCUT2D eigenvalue weighted by atomic mass is 9.88. The zero-order chi connectivity index (χ0) is 29.9. The van der Waals surface area contributed by atoms with Gasteiger partial charge in [0.25, 0.3) is 0 Å². The number of aliphatic hydroxyl groups excluding tert-OH is 1.